The van der Waals surface area contributed by atoms with Gasteiger partial charge in [0, 0.05) is 28.9 Å². The molecule has 2 aromatic heterocycles. The van der Waals surface area contributed by atoms with Crippen molar-refractivity contribution in [2.45, 2.75) is 6.92 Å². The molecule has 0 saturated carbocycles. The maximum atomic E-state index is 12.3. The van der Waals surface area contributed by atoms with Crippen LogP contribution in [0.15, 0.2) is 33.9 Å². The van der Waals surface area contributed by atoms with Crippen molar-refractivity contribution in [3.05, 3.63) is 60.7 Å². The lowest BCUT2D eigenvalue weighted by Gasteiger charge is -2.11. The molecular weight excluding hydrogens is 313 g/mol. The van der Waals surface area contributed by atoms with Crippen molar-refractivity contribution in [1.29, 1.82) is 0 Å². The van der Waals surface area contributed by atoms with Crippen LogP contribution in [0.4, 0.5) is 0 Å². The van der Waals surface area contributed by atoms with Crippen molar-refractivity contribution in [3.8, 4) is 5.69 Å². The number of benzene rings is 1. The molecule has 21 heavy (non-hydrogen) atoms. The SMILES string of the molecule is Cc1c2c(=O)n(C)[nH]c2cc(=O)n1-c1cc(Cl)cc(Cl)c1. The molecule has 5 nitrogen and oxygen atoms in total. The largest absolute Gasteiger partial charge is 0.295 e. The number of halogens is 2. The van der Waals surface area contributed by atoms with Gasteiger partial charge in [-0.25, -0.2) is 0 Å². The van der Waals surface area contributed by atoms with Crippen molar-refractivity contribution >= 4 is 34.1 Å². The summed E-state index contributed by atoms with van der Waals surface area (Å²) < 4.78 is 2.77. The highest BCUT2D eigenvalue weighted by Crippen LogP contribution is 2.23. The number of aromatic amines is 1. The van der Waals surface area contributed by atoms with Crippen LogP contribution in [0.2, 0.25) is 10.0 Å². The van der Waals surface area contributed by atoms with E-state index >= 15 is 0 Å². The molecule has 0 saturated heterocycles. The van der Waals surface area contributed by atoms with Crippen molar-refractivity contribution in [1.82, 2.24) is 14.3 Å². The van der Waals surface area contributed by atoms with Crippen molar-refractivity contribution < 1.29 is 0 Å². The van der Waals surface area contributed by atoms with Crippen LogP contribution in [0.1, 0.15) is 5.69 Å². The van der Waals surface area contributed by atoms with Gasteiger partial charge in [0.1, 0.15) is 0 Å². The molecule has 7 heteroatoms. The summed E-state index contributed by atoms with van der Waals surface area (Å²) in [5.74, 6) is 0. The molecule has 0 radical (unpaired) electrons. The molecule has 0 bridgehead atoms. The Kier molecular flexibility index (Phi) is 3.19. The summed E-state index contributed by atoms with van der Waals surface area (Å²) in [4.78, 5) is 24.5. The summed E-state index contributed by atoms with van der Waals surface area (Å²) >= 11 is 12.0. The van der Waals surface area contributed by atoms with E-state index in [0.29, 0.717) is 32.3 Å². The molecule has 0 aliphatic carbocycles. The second-order valence-electron chi connectivity index (χ2n) is 4.80. The number of fused-ring (bicyclic) bond motifs is 1. The van der Waals surface area contributed by atoms with Gasteiger partial charge < -0.3 is 0 Å². The second-order valence-corrected chi connectivity index (χ2v) is 5.67. The molecule has 0 aliphatic heterocycles. The maximum Gasteiger partial charge on any atom is 0.275 e. The number of H-pyrrole nitrogens is 1. The Morgan fingerprint density at radius 2 is 1.67 bits per heavy atom. The zero-order chi connectivity index (χ0) is 15.3. The summed E-state index contributed by atoms with van der Waals surface area (Å²) in [6.45, 7) is 1.72. The molecule has 0 fully saturated rings. The molecule has 0 unspecified atom stereocenters. The summed E-state index contributed by atoms with van der Waals surface area (Å²) in [5.41, 5.74) is 1.12. The fourth-order valence-electron chi connectivity index (χ4n) is 2.48. The smallest absolute Gasteiger partial charge is 0.275 e. The number of hydrogen-bond acceptors (Lipinski definition) is 2. The third-order valence-corrected chi connectivity index (χ3v) is 3.80. The minimum absolute atomic E-state index is 0.190. The number of aromatic nitrogens is 3. The minimum Gasteiger partial charge on any atom is -0.295 e. The quantitative estimate of drug-likeness (QED) is 0.748. The Morgan fingerprint density at radius 1 is 1.05 bits per heavy atom. The lowest BCUT2D eigenvalue weighted by Crippen LogP contribution is -2.21. The van der Waals surface area contributed by atoms with Crippen LogP contribution in [0.3, 0.4) is 0 Å². The van der Waals surface area contributed by atoms with Gasteiger partial charge in [0.05, 0.1) is 16.6 Å². The Balaban J connectivity index is 2.45. The number of hydrogen-bond donors (Lipinski definition) is 1. The van der Waals surface area contributed by atoms with Crippen LogP contribution in [0.25, 0.3) is 16.6 Å². The van der Waals surface area contributed by atoms with Crippen LogP contribution >= 0.6 is 23.2 Å². The van der Waals surface area contributed by atoms with E-state index in [-0.39, 0.29) is 11.1 Å². The first-order valence-electron chi connectivity index (χ1n) is 6.16. The number of nitrogens with one attached hydrogen (secondary N) is 1. The van der Waals surface area contributed by atoms with Crippen LogP contribution in [0.5, 0.6) is 0 Å². The lowest BCUT2D eigenvalue weighted by molar-refractivity contribution is 0.751. The summed E-state index contributed by atoms with van der Waals surface area (Å²) in [6.07, 6.45) is 0. The predicted molar refractivity (Wildman–Crippen MR) is 83.9 cm³/mol. The first-order chi connectivity index (χ1) is 9.88. The van der Waals surface area contributed by atoms with Crippen molar-refractivity contribution in [3.63, 3.8) is 0 Å². The van der Waals surface area contributed by atoms with Crippen molar-refractivity contribution in [2.75, 3.05) is 0 Å². The maximum absolute atomic E-state index is 12.3. The van der Waals surface area contributed by atoms with Gasteiger partial charge in [0.25, 0.3) is 11.1 Å². The van der Waals surface area contributed by atoms with Gasteiger partial charge in [-0.3, -0.25) is 23.9 Å². The third-order valence-electron chi connectivity index (χ3n) is 3.37. The molecular formula is C14H11Cl2N3O2. The summed E-state index contributed by atoms with van der Waals surface area (Å²) in [7, 11) is 1.60. The topological polar surface area (TPSA) is 59.8 Å². The summed E-state index contributed by atoms with van der Waals surface area (Å²) in [6, 6.07) is 6.23. The molecule has 108 valence electrons. The predicted octanol–water partition coefficient (Wildman–Crippen LogP) is 2.63. The normalized spacial score (nSPS) is 11.2. The molecule has 0 amide bonds. The molecule has 1 N–H and O–H groups in total. The number of pyridine rings is 1. The van der Waals surface area contributed by atoms with E-state index in [4.69, 9.17) is 23.2 Å². The lowest BCUT2D eigenvalue weighted by atomic mass is 10.2. The van der Waals surface area contributed by atoms with Crippen LogP contribution in [-0.2, 0) is 7.05 Å². The average Bonchev–Trinajstić information content (AvgIpc) is 2.63. The second kappa shape index (κ2) is 4.79. The molecule has 3 rings (SSSR count). The van der Waals surface area contributed by atoms with Gasteiger partial charge in [0.2, 0.25) is 0 Å². The number of aryl methyl sites for hydroxylation is 2. The molecule has 1 aromatic carbocycles. The molecule has 2 heterocycles. The molecule has 3 aromatic rings. The van der Waals surface area contributed by atoms with Crippen LogP contribution < -0.4 is 11.1 Å². The monoisotopic (exact) mass is 323 g/mol. The highest BCUT2D eigenvalue weighted by atomic mass is 35.5. The Morgan fingerprint density at radius 3 is 2.29 bits per heavy atom. The van der Waals surface area contributed by atoms with Crippen LogP contribution in [-0.4, -0.2) is 14.3 Å². The first-order valence-corrected chi connectivity index (χ1v) is 6.92. The fourth-order valence-corrected chi connectivity index (χ4v) is 2.99. The number of rotatable bonds is 1. The van der Waals surface area contributed by atoms with Gasteiger partial charge in [-0.05, 0) is 25.1 Å². The Labute approximate surface area is 129 Å². The van der Waals surface area contributed by atoms with E-state index in [1.54, 1.807) is 32.2 Å². The molecule has 0 spiro atoms. The Bertz CT molecular complexity index is 962. The highest BCUT2D eigenvalue weighted by Gasteiger charge is 2.14. The van der Waals surface area contributed by atoms with E-state index in [0.717, 1.165) is 0 Å². The zero-order valence-electron chi connectivity index (χ0n) is 11.3. The Hall–Kier alpha value is -1.98. The minimum atomic E-state index is -0.264. The first kappa shape index (κ1) is 14.0. The van der Waals surface area contributed by atoms with Gasteiger partial charge in [0.15, 0.2) is 0 Å². The van der Waals surface area contributed by atoms with E-state index in [2.05, 4.69) is 5.10 Å². The van der Waals surface area contributed by atoms with Gasteiger partial charge in [-0.2, -0.15) is 0 Å². The number of nitrogens with zero attached hydrogens (tertiary/aromatic N) is 2. The standard InChI is InChI=1S/C14H11Cl2N3O2/c1-7-13-11(17-18(2)14(13)21)6-12(20)19(7)10-4-8(15)3-9(16)5-10/h3-6,17H,1-2H3. The van der Waals surface area contributed by atoms with E-state index in [9.17, 15) is 9.59 Å². The van der Waals surface area contributed by atoms with Gasteiger partial charge >= 0.3 is 0 Å². The average molecular weight is 324 g/mol. The van der Waals surface area contributed by atoms with E-state index in [1.807, 2.05) is 0 Å². The zero-order valence-corrected chi connectivity index (χ0v) is 12.8. The van der Waals surface area contributed by atoms with Gasteiger partial charge in [-0.15, -0.1) is 0 Å². The summed E-state index contributed by atoms with van der Waals surface area (Å²) in [5, 5.41) is 4.16. The third kappa shape index (κ3) is 2.18. The molecule has 0 atom stereocenters. The van der Waals surface area contributed by atoms with E-state index in [1.165, 1.54) is 15.3 Å². The fraction of sp³-hybridized carbons (Fsp3) is 0.143. The molecule has 0 aliphatic rings. The highest BCUT2D eigenvalue weighted by molar-refractivity contribution is 6.34. The van der Waals surface area contributed by atoms with Gasteiger partial charge in [-0.1, -0.05) is 23.2 Å². The van der Waals surface area contributed by atoms with Crippen molar-refractivity contribution in [2.24, 2.45) is 7.05 Å². The van der Waals surface area contributed by atoms with E-state index < -0.39 is 0 Å². The van der Waals surface area contributed by atoms with Crippen LogP contribution in [0, 0.1) is 6.92 Å².